The molecule has 2 aromatic rings. The van der Waals surface area contributed by atoms with Crippen LogP contribution in [0.5, 0.6) is 23.0 Å². The number of hydrogen-bond acceptors (Lipinski definition) is 5. The maximum absolute atomic E-state index is 13.4. The van der Waals surface area contributed by atoms with E-state index in [0.717, 1.165) is 30.6 Å². The van der Waals surface area contributed by atoms with Crippen LogP contribution in [0.2, 0.25) is 0 Å². The van der Waals surface area contributed by atoms with Crippen molar-refractivity contribution in [1.29, 1.82) is 0 Å². The van der Waals surface area contributed by atoms with Crippen molar-refractivity contribution in [3.05, 3.63) is 47.5 Å². The zero-order chi connectivity index (χ0) is 21.5. The minimum atomic E-state index is -0.0154. The Balaban J connectivity index is 1.85. The molecule has 30 heavy (non-hydrogen) atoms. The third-order valence-corrected chi connectivity index (χ3v) is 5.04. The van der Waals surface area contributed by atoms with Gasteiger partial charge in [-0.25, -0.2) is 0 Å². The van der Waals surface area contributed by atoms with Gasteiger partial charge in [0.15, 0.2) is 11.5 Å². The van der Waals surface area contributed by atoms with Crippen LogP contribution in [0.25, 0.3) is 0 Å². The van der Waals surface area contributed by atoms with Gasteiger partial charge in [-0.05, 0) is 56.5 Å². The Hall–Kier alpha value is -2.89. The van der Waals surface area contributed by atoms with Crippen LogP contribution in [0.15, 0.2) is 36.4 Å². The molecule has 1 aliphatic carbocycles. The first-order valence-electron chi connectivity index (χ1n) is 10.5. The molecule has 1 fully saturated rings. The number of carbonyl (C=O) groups excluding carboxylic acids is 1. The molecule has 162 valence electrons. The molecule has 0 aliphatic heterocycles. The molecule has 2 aromatic carbocycles. The van der Waals surface area contributed by atoms with Crippen LogP contribution in [0.4, 0.5) is 0 Å². The first kappa shape index (κ1) is 21.8. The first-order valence-corrected chi connectivity index (χ1v) is 10.5. The van der Waals surface area contributed by atoms with Gasteiger partial charge in [-0.15, -0.1) is 0 Å². The zero-order valence-corrected chi connectivity index (χ0v) is 18.3. The van der Waals surface area contributed by atoms with Crippen LogP contribution in [-0.4, -0.2) is 44.3 Å². The summed E-state index contributed by atoms with van der Waals surface area (Å²) in [6, 6.07) is 11.4. The first-order chi connectivity index (χ1) is 14.6. The van der Waals surface area contributed by atoms with Crippen molar-refractivity contribution in [2.75, 3.05) is 27.4 Å². The third kappa shape index (κ3) is 5.17. The number of nitrogens with zero attached hydrogens (tertiary/aromatic N) is 1. The molecule has 0 spiro atoms. The minimum absolute atomic E-state index is 0.0154. The van der Waals surface area contributed by atoms with Gasteiger partial charge in [0.25, 0.3) is 5.91 Å². The maximum atomic E-state index is 13.4. The van der Waals surface area contributed by atoms with Crippen LogP contribution >= 0.6 is 0 Å². The summed E-state index contributed by atoms with van der Waals surface area (Å²) in [6.45, 7) is 5.58. The van der Waals surface area contributed by atoms with E-state index < -0.39 is 0 Å². The highest BCUT2D eigenvalue weighted by molar-refractivity contribution is 5.95. The number of methoxy groups -OCH3 is 2. The quantitative estimate of drug-likeness (QED) is 0.535. The molecular weight excluding hydrogens is 382 g/mol. The second kappa shape index (κ2) is 10.2. The molecule has 0 aromatic heterocycles. The lowest BCUT2D eigenvalue weighted by molar-refractivity contribution is 0.0728. The average Bonchev–Trinajstić information content (AvgIpc) is 3.61. The van der Waals surface area contributed by atoms with E-state index in [4.69, 9.17) is 18.9 Å². The Kier molecular flexibility index (Phi) is 7.44. The van der Waals surface area contributed by atoms with Crippen LogP contribution < -0.4 is 18.9 Å². The topological polar surface area (TPSA) is 57.2 Å². The van der Waals surface area contributed by atoms with Gasteiger partial charge in [0.2, 0.25) is 0 Å². The van der Waals surface area contributed by atoms with Crippen molar-refractivity contribution in [3.63, 3.8) is 0 Å². The van der Waals surface area contributed by atoms with Crippen LogP contribution in [0.3, 0.4) is 0 Å². The average molecular weight is 414 g/mol. The summed E-state index contributed by atoms with van der Waals surface area (Å²) in [5.41, 5.74) is 1.55. The van der Waals surface area contributed by atoms with E-state index in [1.807, 2.05) is 42.2 Å². The summed E-state index contributed by atoms with van der Waals surface area (Å²) in [5, 5.41) is 0. The van der Waals surface area contributed by atoms with Gasteiger partial charge in [-0.1, -0.05) is 6.92 Å². The Morgan fingerprint density at radius 1 is 0.967 bits per heavy atom. The van der Waals surface area contributed by atoms with Gasteiger partial charge < -0.3 is 23.8 Å². The fourth-order valence-corrected chi connectivity index (χ4v) is 3.33. The molecular formula is C24H31NO5. The lowest BCUT2D eigenvalue weighted by Gasteiger charge is -2.24. The van der Waals surface area contributed by atoms with Gasteiger partial charge in [0, 0.05) is 29.8 Å². The lowest BCUT2D eigenvalue weighted by Crippen LogP contribution is -2.32. The highest BCUT2D eigenvalue weighted by atomic mass is 16.5. The van der Waals surface area contributed by atoms with Gasteiger partial charge in [0.05, 0.1) is 27.4 Å². The predicted molar refractivity (Wildman–Crippen MR) is 116 cm³/mol. The molecule has 0 atom stereocenters. The monoisotopic (exact) mass is 413 g/mol. The lowest BCUT2D eigenvalue weighted by atomic mass is 10.1. The SMILES string of the molecule is CCCOc1ccc(C(=O)N(Cc2ccc(OC)cc2OC)C2CC2)cc1OCC. The molecule has 0 unspecified atom stereocenters. The smallest absolute Gasteiger partial charge is 0.254 e. The molecule has 0 N–H and O–H groups in total. The van der Waals surface area contributed by atoms with Crippen molar-refractivity contribution in [2.24, 2.45) is 0 Å². The molecule has 0 heterocycles. The van der Waals surface area contributed by atoms with Crippen molar-refractivity contribution in [1.82, 2.24) is 4.90 Å². The molecule has 1 amide bonds. The second-order valence-electron chi connectivity index (χ2n) is 7.28. The minimum Gasteiger partial charge on any atom is -0.497 e. The Morgan fingerprint density at radius 2 is 1.77 bits per heavy atom. The molecule has 0 radical (unpaired) electrons. The van der Waals surface area contributed by atoms with Gasteiger partial charge in [-0.3, -0.25) is 4.79 Å². The van der Waals surface area contributed by atoms with Gasteiger partial charge >= 0.3 is 0 Å². The summed E-state index contributed by atoms with van der Waals surface area (Å²) in [5.74, 6) is 2.70. The van der Waals surface area contributed by atoms with Gasteiger partial charge in [0.1, 0.15) is 11.5 Å². The standard InChI is InChI=1S/C24H31NO5/c1-5-13-30-21-12-8-17(14-23(21)29-6-2)24(26)25(19-9-10-19)16-18-7-11-20(27-3)15-22(18)28-4/h7-8,11-12,14-15,19H,5-6,9-10,13,16H2,1-4H3. The summed E-state index contributed by atoms with van der Waals surface area (Å²) in [6.07, 6.45) is 2.94. The number of carbonyl (C=O) groups is 1. The van der Waals surface area contributed by atoms with E-state index in [1.54, 1.807) is 20.3 Å². The predicted octanol–water partition coefficient (Wildman–Crippen LogP) is 4.70. The zero-order valence-electron chi connectivity index (χ0n) is 18.3. The molecule has 6 heteroatoms. The number of ether oxygens (including phenoxy) is 4. The Bertz CT molecular complexity index is 863. The molecule has 6 nitrogen and oxygen atoms in total. The van der Waals surface area contributed by atoms with Gasteiger partial charge in [-0.2, -0.15) is 0 Å². The van der Waals surface area contributed by atoms with Crippen molar-refractivity contribution in [3.8, 4) is 23.0 Å². The number of amides is 1. The number of benzene rings is 2. The maximum Gasteiger partial charge on any atom is 0.254 e. The largest absolute Gasteiger partial charge is 0.497 e. The van der Waals surface area contributed by atoms with E-state index in [9.17, 15) is 4.79 Å². The summed E-state index contributed by atoms with van der Waals surface area (Å²) >= 11 is 0. The second-order valence-corrected chi connectivity index (χ2v) is 7.28. The molecule has 1 aliphatic rings. The highest BCUT2D eigenvalue weighted by Gasteiger charge is 2.34. The molecule has 0 bridgehead atoms. The highest BCUT2D eigenvalue weighted by Crippen LogP contribution is 2.35. The summed E-state index contributed by atoms with van der Waals surface area (Å²) in [4.78, 5) is 15.3. The van der Waals surface area contributed by atoms with Crippen LogP contribution in [0.1, 0.15) is 49.0 Å². The van der Waals surface area contributed by atoms with E-state index in [-0.39, 0.29) is 11.9 Å². The normalized spacial score (nSPS) is 12.9. The molecule has 3 rings (SSSR count). The van der Waals surface area contributed by atoms with E-state index >= 15 is 0 Å². The van der Waals surface area contributed by atoms with Crippen LogP contribution in [0, 0.1) is 0 Å². The van der Waals surface area contributed by atoms with E-state index in [2.05, 4.69) is 6.92 Å². The number of rotatable bonds is 11. The summed E-state index contributed by atoms with van der Waals surface area (Å²) < 4.78 is 22.3. The van der Waals surface area contributed by atoms with E-state index in [0.29, 0.717) is 42.6 Å². The Labute approximate surface area is 178 Å². The molecule has 0 saturated heterocycles. The Morgan fingerprint density at radius 3 is 2.40 bits per heavy atom. The fourth-order valence-electron chi connectivity index (χ4n) is 3.33. The molecule has 1 saturated carbocycles. The number of hydrogen-bond donors (Lipinski definition) is 0. The van der Waals surface area contributed by atoms with E-state index in [1.165, 1.54) is 0 Å². The summed E-state index contributed by atoms with van der Waals surface area (Å²) in [7, 11) is 3.25. The van der Waals surface area contributed by atoms with Crippen molar-refractivity contribution in [2.45, 2.75) is 45.7 Å². The fraction of sp³-hybridized carbons (Fsp3) is 0.458. The van der Waals surface area contributed by atoms with Crippen molar-refractivity contribution < 1.29 is 23.7 Å². The van der Waals surface area contributed by atoms with Crippen molar-refractivity contribution >= 4 is 5.91 Å². The third-order valence-electron chi connectivity index (χ3n) is 5.04. The van der Waals surface area contributed by atoms with Crippen LogP contribution in [-0.2, 0) is 6.54 Å².